The summed E-state index contributed by atoms with van der Waals surface area (Å²) in [5.74, 6) is 0.195. The molecule has 0 aliphatic rings. The third-order valence-corrected chi connectivity index (χ3v) is 6.05. The van der Waals surface area contributed by atoms with E-state index in [4.69, 9.17) is 4.42 Å². The van der Waals surface area contributed by atoms with E-state index in [-0.39, 0.29) is 5.91 Å². The fourth-order valence-electron chi connectivity index (χ4n) is 2.65. The molecule has 0 aliphatic heterocycles. The second-order valence-corrected chi connectivity index (χ2v) is 8.60. The molecular formula is C21H19N5O2S2. The van der Waals surface area contributed by atoms with Crippen LogP contribution in [0, 0.1) is 0 Å². The van der Waals surface area contributed by atoms with Crippen LogP contribution >= 0.6 is 23.1 Å². The number of carbonyl (C=O) groups is 1. The molecule has 0 saturated carbocycles. The lowest BCUT2D eigenvalue weighted by Gasteiger charge is -2.07. The summed E-state index contributed by atoms with van der Waals surface area (Å²) in [7, 11) is 0. The van der Waals surface area contributed by atoms with Crippen LogP contribution in [0.4, 0.5) is 5.13 Å². The van der Waals surface area contributed by atoms with Crippen LogP contribution in [0.25, 0.3) is 22.7 Å². The molecule has 4 aromatic rings. The van der Waals surface area contributed by atoms with Crippen molar-refractivity contribution in [1.82, 2.24) is 20.2 Å². The summed E-state index contributed by atoms with van der Waals surface area (Å²) in [4.78, 5) is 21.1. The molecule has 4 rings (SSSR count). The standard InChI is InChI=1S/C21H19N5O2S2/c1-3-14-6-8-15(9-7-14)17-12-29-20(23-17)24-18(27)13(2)30-21-26-25-19(28-21)16-5-4-10-22-11-16/h4-13H,3H2,1-2H3,(H,23,24,27). The number of rotatable bonds is 7. The smallest absolute Gasteiger partial charge is 0.277 e. The quantitative estimate of drug-likeness (QED) is 0.409. The molecule has 7 nitrogen and oxygen atoms in total. The molecule has 1 unspecified atom stereocenters. The van der Waals surface area contributed by atoms with Crippen molar-refractivity contribution in [3.8, 4) is 22.7 Å². The topological polar surface area (TPSA) is 93.8 Å². The first-order valence-electron chi connectivity index (χ1n) is 9.38. The first-order valence-corrected chi connectivity index (χ1v) is 11.1. The van der Waals surface area contributed by atoms with Crippen LogP contribution in [0.2, 0.25) is 0 Å². The highest BCUT2D eigenvalue weighted by molar-refractivity contribution is 8.00. The van der Waals surface area contributed by atoms with Gasteiger partial charge in [0.05, 0.1) is 16.5 Å². The molecule has 9 heteroatoms. The summed E-state index contributed by atoms with van der Waals surface area (Å²) in [6, 6.07) is 11.9. The van der Waals surface area contributed by atoms with E-state index in [2.05, 4.69) is 44.5 Å². The number of aromatic nitrogens is 4. The average molecular weight is 438 g/mol. The SMILES string of the molecule is CCc1ccc(-c2csc(NC(=O)C(C)Sc3nnc(-c4cccnc4)o3)n2)cc1. The molecule has 1 aromatic carbocycles. The van der Waals surface area contributed by atoms with Crippen LogP contribution in [0.1, 0.15) is 19.4 Å². The number of hydrogen-bond donors (Lipinski definition) is 1. The van der Waals surface area contributed by atoms with Crippen molar-refractivity contribution in [1.29, 1.82) is 0 Å². The molecule has 0 spiro atoms. The molecule has 0 radical (unpaired) electrons. The molecule has 0 saturated heterocycles. The maximum atomic E-state index is 12.6. The lowest BCUT2D eigenvalue weighted by atomic mass is 10.1. The molecule has 30 heavy (non-hydrogen) atoms. The van der Waals surface area contributed by atoms with Crippen LogP contribution < -0.4 is 5.32 Å². The Morgan fingerprint density at radius 3 is 2.77 bits per heavy atom. The predicted octanol–water partition coefficient (Wildman–Crippen LogP) is 4.94. The van der Waals surface area contributed by atoms with Crippen molar-refractivity contribution in [2.24, 2.45) is 0 Å². The summed E-state index contributed by atoms with van der Waals surface area (Å²) in [6.45, 7) is 3.91. The third-order valence-electron chi connectivity index (χ3n) is 4.35. The van der Waals surface area contributed by atoms with Gasteiger partial charge in [-0.3, -0.25) is 9.78 Å². The number of pyridine rings is 1. The minimum Gasteiger partial charge on any atom is -0.411 e. The number of aryl methyl sites for hydroxylation is 1. The summed E-state index contributed by atoms with van der Waals surface area (Å²) in [6.07, 6.45) is 4.32. The summed E-state index contributed by atoms with van der Waals surface area (Å²) in [5.41, 5.74) is 3.88. The van der Waals surface area contributed by atoms with Gasteiger partial charge in [-0.1, -0.05) is 43.0 Å². The molecule has 0 bridgehead atoms. The fourth-order valence-corrected chi connectivity index (χ4v) is 4.06. The van der Waals surface area contributed by atoms with E-state index in [1.807, 2.05) is 23.6 Å². The zero-order valence-electron chi connectivity index (χ0n) is 16.4. The Bertz CT molecular complexity index is 1130. The van der Waals surface area contributed by atoms with Crippen molar-refractivity contribution in [2.45, 2.75) is 30.7 Å². The van der Waals surface area contributed by atoms with Crippen molar-refractivity contribution >= 4 is 34.1 Å². The Balaban J connectivity index is 1.37. The number of hydrogen-bond acceptors (Lipinski definition) is 8. The minimum absolute atomic E-state index is 0.177. The summed E-state index contributed by atoms with van der Waals surface area (Å²) in [5, 5.41) is 13.3. The van der Waals surface area contributed by atoms with E-state index < -0.39 is 5.25 Å². The fraction of sp³-hybridized carbons (Fsp3) is 0.190. The Kier molecular flexibility index (Phi) is 6.20. The number of nitrogens with one attached hydrogen (secondary N) is 1. The van der Waals surface area contributed by atoms with E-state index in [0.717, 1.165) is 23.2 Å². The van der Waals surface area contributed by atoms with Crippen LogP contribution in [-0.2, 0) is 11.2 Å². The van der Waals surface area contributed by atoms with Crippen LogP contribution in [0.3, 0.4) is 0 Å². The Morgan fingerprint density at radius 1 is 1.20 bits per heavy atom. The zero-order chi connectivity index (χ0) is 20.9. The highest BCUT2D eigenvalue weighted by Crippen LogP contribution is 2.28. The third kappa shape index (κ3) is 4.74. The normalized spacial score (nSPS) is 11.9. The van der Waals surface area contributed by atoms with E-state index in [1.165, 1.54) is 28.7 Å². The predicted molar refractivity (Wildman–Crippen MR) is 118 cm³/mol. The first-order chi connectivity index (χ1) is 14.6. The Hall–Kier alpha value is -3.04. The molecule has 1 atom stereocenters. The van der Waals surface area contributed by atoms with Crippen LogP contribution in [-0.4, -0.2) is 31.3 Å². The van der Waals surface area contributed by atoms with E-state index in [0.29, 0.717) is 16.2 Å². The van der Waals surface area contributed by atoms with Crippen LogP contribution in [0.15, 0.2) is 63.8 Å². The van der Waals surface area contributed by atoms with Gasteiger partial charge in [-0.2, -0.15) is 0 Å². The highest BCUT2D eigenvalue weighted by atomic mass is 32.2. The van der Waals surface area contributed by atoms with Gasteiger partial charge >= 0.3 is 0 Å². The van der Waals surface area contributed by atoms with E-state index >= 15 is 0 Å². The molecule has 0 aliphatic carbocycles. The van der Waals surface area contributed by atoms with Crippen molar-refractivity contribution in [3.63, 3.8) is 0 Å². The van der Waals surface area contributed by atoms with Gasteiger partial charge in [0.2, 0.25) is 11.8 Å². The number of thiazole rings is 1. The van der Waals surface area contributed by atoms with Gasteiger partial charge in [0.15, 0.2) is 5.13 Å². The van der Waals surface area contributed by atoms with Gasteiger partial charge in [-0.25, -0.2) is 4.98 Å². The summed E-state index contributed by atoms with van der Waals surface area (Å²) >= 11 is 2.59. The first kappa shape index (κ1) is 20.2. The van der Waals surface area contributed by atoms with E-state index in [9.17, 15) is 4.79 Å². The maximum absolute atomic E-state index is 12.6. The highest BCUT2D eigenvalue weighted by Gasteiger charge is 2.20. The molecule has 1 N–H and O–H groups in total. The number of benzene rings is 1. The second-order valence-electron chi connectivity index (χ2n) is 6.45. The second kappa shape index (κ2) is 9.19. The monoisotopic (exact) mass is 437 g/mol. The average Bonchev–Trinajstić information content (AvgIpc) is 3.44. The molecule has 0 fully saturated rings. The number of nitrogens with zero attached hydrogens (tertiary/aromatic N) is 4. The lowest BCUT2D eigenvalue weighted by Crippen LogP contribution is -2.22. The van der Waals surface area contributed by atoms with Gasteiger partial charge in [-0.05, 0) is 31.0 Å². The molecule has 1 amide bonds. The van der Waals surface area contributed by atoms with Gasteiger partial charge in [0.1, 0.15) is 0 Å². The van der Waals surface area contributed by atoms with Gasteiger partial charge < -0.3 is 9.73 Å². The largest absolute Gasteiger partial charge is 0.411 e. The molecule has 3 aromatic heterocycles. The van der Waals surface area contributed by atoms with Crippen molar-refractivity contribution in [2.75, 3.05) is 5.32 Å². The Labute approximate surface area is 182 Å². The summed E-state index contributed by atoms with van der Waals surface area (Å²) < 4.78 is 5.63. The maximum Gasteiger partial charge on any atom is 0.277 e. The Morgan fingerprint density at radius 2 is 2.03 bits per heavy atom. The van der Waals surface area contributed by atoms with Gasteiger partial charge in [0.25, 0.3) is 5.22 Å². The number of anilines is 1. The van der Waals surface area contributed by atoms with Crippen LogP contribution in [0.5, 0.6) is 0 Å². The number of amides is 1. The minimum atomic E-state index is -0.427. The molecular weight excluding hydrogens is 418 g/mol. The van der Waals surface area contributed by atoms with Gasteiger partial charge in [-0.15, -0.1) is 21.5 Å². The van der Waals surface area contributed by atoms with Gasteiger partial charge in [0, 0.05) is 23.3 Å². The van der Waals surface area contributed by atoms with Crippen molar-refractivity contribution < 1.29 is 9.21 Å². The zero-order valence-corrected chi connectivity index (χ0v) is 18.0. The lowest BCUT2D eigenvalue weighted by molar-refractivity contribution is -0.115. The molecule has 152 valence electrons. The number of thioether (sulfide) groups is 1. The number of carbonyl (C=O) groups excluding carboxylic acids is 1. The van der Waals surface area contributed by atoms with Crippen molar-refractivity contribution in [3.05, 3.63) is 59.7 Å². The van der Waals surface area contributed by atoms with E-state index in [1.54, 1.807) is 25.4 Å². The molecule has 3 heterocycles.